The molecule has 13 heteroatoms. The number of hydrogen-bond acceptors (Lipinski definition) is 10. The van der Waals surface area contributed by atoms with Crippen LogP contribution in [0, 0.1) is 0 Å². The average molecular weight is 670 g/mol. The minimum absolute atomic E-state index is 0.165. The van der Waals surface area contributed by atoms with Crippen LogP contribution < -0.4 is 25.3 Å². The molecule has 258 valence electrons. The number of rotatable bonds is 8. The van der Waals surface area contributed by atoms with Gasteiger partial charge >= 0.3 is 6.09 Å². The standard InChI is InChI=1S/C36H43N7O6/c1-35(2,3)49-34(45)42-15-9-13-36(20-42)21-43(19-24-29(47-5)16-22(46-4)17-30(24)48-6)32(44)23-18-28(39-31(23)36)27-12-14-38-33(41-27)40-26-11-8-7-10-25(26)37/h7-8,10-12,14,16-18,39H,9,13,15,19-21,37H2,1-6H3,(H,38,40,41). The number of amides is 2. The molecule has 0 radical (unpaired) electrons. The largest absolute Gasteiger partial charge is 0.496 e. The fourth-order valence-corrected chi connectivity index (χ4v) is 6.67. The molecule has 1 atom stereocenters. The quantitative estimate of drug-likeness (QED) is 0.198. The summed E-state index contributed by atoms with van der Waals surface area (Å²) < 4.78 is 22.7. The summed E-state index contributed by atoms with van der Waals surface area (Å²) in [5.74, 6) is 1.85. The zero-order valence-electron chi connectivity index (χ0n) is 28.8. The lowest BCUT2D eigenvalue weighted by Gasteiger charge is -2.47. The molecular weight excluding hydrogens is 626 g/mol. The van der Waals surface area contributed by atoms with E-state index < -0.39 is 11.0 Å². The van der Waals surface area contributed by atoms with E-state index in [-0.39, 0.29) is 18.5 Å². The Bertz CT molecular complexity index is 1840. The van der Waals surface area contributed by atoms with Gasteiger partial charge in [0.05, 0.1) is 61.8 Å². The van der Waals surface area contributed by atoms with Crippen LogP contribution in [0.3, 0.4) is 0 Å². The SMILES string of the molecule is COc1cc(OC)c(CN2CC3(CCCN(C(=O)OC(C)(C)C)C3)c3[nH]c(-c4ccnc(Nc5ccccc5N)n4)cc3C2=O)c(OC)c1. The van der Waals surface area contributed by atoms with Crippen molar-refractivity contribution >= 4 is 29.3 Å². The fraction of sp³-hybridized carbons (Fsp3) is 0.389. The first-order valence-corrected chi connectivity index (χ1v) is 16.2. The maximum Gasteiger partial charge on any atom is 0.410 e. The van der Waals surface area contributed by atoms with Gasteiger partial charge in [0.2, 0.25) is 5.95 Å². The van der Waals surface area contributed by atoms with Gasteiger partial charge in [-0.25, -0.2) is 14.8 Å². The van der Waals surface area contributed by atoms with Crippen molar-refractivity contribution in [2.75, 3.05) is 52.0 Å². The molecule has 0 bridgehead atoms. The van der Waals surface area contributed by atoms with Crippen LogP contribution in [0.25, 0.3) is 11.4 Å². The van der Waals surface area contributed by atoms with Gasteiger partial charge in [-0.1, -0.05) is 12.1 Å². The maximum absolute atomic E-state index is 14.4. The molecule has 13 nitrogen and oxygen atoms in total. The zero-order chi connectivity index (χ0) is 34.9. The predicted molar refractivity (Wildman–Crippen MR) is 186 cm³/mol. The highest BCUT2D eigenvalue weighted by atomic mass is 16.6. The van der Waals surface area contributed by atoms with Crippen molar-refractivity contribution in [1.82, 2.24) is 24.8 Å². The molecule has 1 saturated heterocycles. The molecule has 6 rings (SSSR count). The second-order valence-corrected chi connectivity index (χ2v) is 13.4. The molecule has 2 aromatic heterocycles. The van der Waals surface area contributed by atoms with Crippen LogP contribution >= 0.6 is 0 Å². The van der Waals surface area contributed by atoms with Crippen LogP contribution in [0.1, 0.15) is 55.2 Å². The summed E-state index contributed by atoms with van der Waals surface area (Å²) in [5, 5.41) is 3.18. The molecule has 1 fully saturated rings. The Morgan fingerprint density at radius 1 is 1.04 bits per heavy atom. The van der Waals surface area contributed by atoms with Crippen LogP contribution in [-0.2, 0) is 16.7 Å². The number of H-pyrrole nitrogens is 1. The minimum Gasteiger partial charge on any atom is -0.496 e. The third-order valence-electron chi connectivity index (χ3n) is 8.89. The number of aromatic nitrogens is 3. The first-order valence-electron chi connectivity index (χ1n) is 16.2. The number of aromatic amines is 1. The monoisotopic (exact) mass is 669 g/mol. The molecule has 1 unspecified atom stereocenters. The molecular formula is C36H43N7O6. The predicted octanol–water partition coefficient (Wildman–Crippen LogP) is 5.75. The van der Waals surface area contributed by atoms with Crippen molar-refractivity contribution < 1.29 is 28.5 Å². The van der Waals surface area contributed by atoms with Crippen LogP contribution in [0.2, 0.25) is 0 Å². The number of nitrogen functional groups attached to an aromatic ring is 1. The minimum atomic E-state index is -0.647. The van der Waals surface area contributed by atoms with Gasteiger partial charge in [0, 0.05) is 49.1 Å². The van der Waals surface area contributed by atoms with E-state index in [1.165, 1.54) is 0 Å². The van der Waals surface area contributed by atoms with Gasteiger partial charge in [0.15, 0.2) is 0 Å². The third-order valence-corrected chi connectivity index (χ3v) is 8.89. The summed E-state index contributed by atoms with van der Waals surface area (Å²) >= 11 is 0. The number of nitrogens with two attached hydrogens (primary N) is 1. The van der Waals surface area contributed by atoms with E-state index in [9.17, 15) is 9.59 Å². The molecule has 0 aliphatic carbocycles. The average Bonchev–Trinajstić information content (AvgIpc) is 3.55. The number of ether oxygens (including phenoxy) is 4. The smallest absolute Gasteiger partial charge is 0.410 e. The van der Waals surface area contributed by atoms with Crippen LogP contribution in [0.4, 0.5) is 22.1 Å². The lowest BCUT2D eigenvalue weighted by atomic mass is 9.73. The van der Waals surface area contributed by atoms with Crippen molar-refractivity contribution in [2.24, 2.45) is 0 Å². The molecule has 49 heavy (non-hydrogen) atoms. The number of nitrogens with zero attached hydrogens (tertiary/aromatic N) is 4. The van der Waals surface area contributed by atoms with Crippen LogP contribution in [0.15, 0.2) is 54.7 Å². The number of hydrogen-bond donors (Lipinski definition) is 3. The topological polar surface area (TPSA) is 157 Å². The number of para-hydroxylation sites is 2. The Morgan fingerprint density at radius 3 is 2.45 bits per heavy atom. The number of carbonyl (C=O) groups is 2. The van der Waals surface area contributed by atoms with Crippen molar-refractivity contribution in [1.29, 1.82) is 0 Å². The summed E-state index contributed by atoms with van der Waals surface area (Å²) in [4.78, 5) is 44.0. The van der Waals surface area contributed by atoms with Crippen molar-refractivity contribution in [3.05, 3.63) is 71.5 Å². The van der Waals surface area contributed by atoms with Crippen molar-refractivity contribution in [3.63, 3.8) is 0 Å². The Labute approximate surface area is 285 Å². The lowest BCUT2D eigenvalue weighted by molar-refractivity contribution is 0.00818. The highest BCUT2D eigenvalue weighted by Crippen LogP contribution is 2.44. The lowest BCUT2D eigenvalue weighted by Crippen LogP contribution is -2.58. The summed E-state index contributed by atoms with van der Waals surface area (Å²) in [6.45, 7) is 7.04. The summed E-state index contributed by atoms with van der Waals surface area (Å²) in [5.41, 5.74) is 9.36. The molecule has 4 heterocycles. The summed E-state index contributed by atoms with van der Waals surface area (Å²) in [6, 6.07) is 14.5. The van der Waals surface area contributed by atoms with Gasteiger partial charge in [-0.15, -0.1) is 0 Å². The molecule has 2 aliphatic heterocycles. The normalized spacial score (nSPS) is 17.5. The van der Waals surface area contributed by atoms with Gasteiger partial charge in [-0.3, -0.25) is 4.79 Å². The van der Waals surface area contributed by atoms with E-state index in [1.54, 1.807) is 61.6 Å². The second kappa shape index (κ2) is 13.2. The zero-order valence-corrected chi connectivity index (χ0v) is 28.8. The summed E-state index contributed by atoms with van der Waals surface area (Å²) in [6.07, 6.45) is 2.74. The number of carbonyl (C=O) groups excluding carboxylic acids is 2. The highest BCUT2D eigenvalue weighted by molar-refractivity contribution is 5.98. The second-order valence-electron chi connectivity index (χ2n) is 13.4. The number of methoxy groups -OCH3 is 3. The number of anilines is 3. The van der Waals surface area contributed by atoms with E-state index in [4.69, 9.17) is 29.7 Å². The summed E-state index contributed by atoms with van der Waals surface area (Å²) in [7, 11) is 4.72. The van der Waals surface area contributed by atoms with E-state index in [0.717, 1.165) is 18.5 Å². The molecule has 4 N–H and O–H groups in total. The molecule has 2 aliphatic rings. The van der Waals surface area contributed by atoms with Crippen molar-refractivity contribution in [2.45, 2.75) is 51.2 Å². The highest BCUT2D eigenvalue weighted by Gasteiger charge is 2.49. The maximum atomic E-state index is 14.4. The molecule has 0 saturated carbocycles. The number of nitrogens with one attached hydrogen (secondary N) is 2. The van der Waals surface area contributed by atoms with Gasteiger partial charge in [-0.2, -0.15) is 0 Å². The van der Waals surface area contributed by atoms with Gasteiger partial charge in [0.1, 0.15) is 22.8 Å². The van der Waals surface area contributed by atoms with Crippen molar-refractivity contribution in [3.8, 4) is 28.6 Å². The Hall–Kier alpha value is -5.46. The van der Waals surface area contributed by atoms with Gasteiger partial charge in [0.25, 0.3) is 5.91 Å². The van der Waals surface area contributed by atoms with Crippen LogP contribution in [0.5, 0.6) is 17.2 Å². The van der Waals surface area contributed by atoms with E-state index in [0.29, 0.717) is 76.7 Å². The molecule has 1 spiro atoms. The number of likely N-dealkylation sites (tertiary alicyclic amines) is 1. The molecule has 4 aromatic rings. The van der Waals surface area contributed by atoms with E-state index >= 15 is 0 Å². The Balaban J connectivity index is 1.41. The third kappa shape index (κ3) is 6.78. The molecule has 2 amide bonds. The van der Waals surface area contributed by atoms with Gasteiger partial charge in [-0.05, 0) is 57.9 Å². The van der Waals surface area contributed by atoms with E-state index in [2.05, 4.69) is 15.3 Å². The Kier molecular flexibility index (Phi) is 9.02. The first kappa shape index (κ1) is 33.4. The Morgan fingerprint density at radius 2 is 1.78 bits per heavy atom. The first-order chi connectivity index (χ1) is 23.4. The number of benzene rings is 2. The number of fused-ring (bicyclic) bond motifs is 2. The fourth-order valence-electron chi connectivity index (χ4n) is 6.67. The number of piperidine rings is 1. The van der Waals surface area contributed by atoms with E-state index in [1.807, 2.05) is 45.0 Å². The van der Waals surface area contributed by atoms with Crippen LogP contribution in [-0.4, -0.2) is 83.3 Å². The van der Waals surface area contributed by atoms with Gasteiger partial charge < -0.3 is 44.8 Å². The molecule has 2 aromatic carbocycles.